The first-order valence-corrected chi connectivity index (χ1v) is 17.4. The lowest BCUT2D eigenvalue weighted by Crippen LogP contribution is -2.38. The lowest BCUT2D eigenvalue weighted by Gasteiger charge is -2.37. The number of hydrogen-bond acceptors (Lipinski definition) is 5. The van der Waals surface area contributed by atoms with Crippen LogP contribution in [0.25, 0.3) is 22.2 Å². The van der Waals surface area contributed by atoms with Gasteiger partial charge in [-0.2, -0.15) is 5.10 Å². The number of likely N-dealkylation sites (tertiary alicyclic amines) is 1. The van der Waals surface area contributed by atoms with E-state index in [0.29, 0.717) is 31.8 Å². The van der Waals surface area contributed by atoms with Crippen LogP contribution in [0.2, 0.25) is 0 Å². The average molecular weight is 678 g/mol. The van der Waals surface area contributed by atoms with Crippen LogP contribution >= 0.6 is 0 Å². The molecule has 4 aromatic carbocycles. The zero-order valence-corrected chi connectivity index (χ0v) is 28.6. The van der Waals surface area contributed by atoms with E-state index < -0.39 is 17.0 Å². The minimum atomic E-state index is -0.978. The number of aromatic nitrogens is 3. The summed E-state index contributed by atoms with van der Waals surface area (Å²) in [5.41, 5.74) is 4.77. The number of amides is 2. The van der Waals surface area contributed by atoms with Crippen molar-refractivity contribution in [2.75, 3.05) is 24.5 Å². The van der Waals surface area contributed by atoms with Crippen molar-refractivity contribution in [1.82, 2.24) is 19.7 Å². The maximum Gasteiger partial charge on any atom is 0.407 e. The fourth-order valence-electron chi connectivity index (χ4n) is 7.99. The second-order valence-corrected chi connectivity index (χ2v) is 13.8. The topological polar surface area (TPSA) is 101 Å². The van der Waals surface area contributed by atoms with E-state index >= 15 is 0 Å². The number of carboxylic acid groups (broad SMARTS) is 1. The summed E-state index contributed by atoms with van der Waals surface area (Å²) < 4.78 is 8.15. The van der Waals surface area contributed by atoms with Crippen LogP contribution in [0, 0.1) is 5.41 Å². The summed E-state index contributed by atoms with van der Waals surface area (Å²) in [5, 5.41) is 16.0. The standard InChI is InChI=1S/C42H39N5O4/c1-29(2)51-37-26-30(20-23-43-37)38-35-27-34(46-25-22-41(39(46)48)21-24-45(28-41)40(49)50)18-19-36(35)47(44-38)42(31-12-6-3-7-13-31,32-14-8-4-9-15-32)33-16-10-5-11-17-33/h3-20,23,26-27,29H,21-22,24-25,28H2,1-2H3,(H,49,50). The first-order valence-electron chi connectivity index (χ1n) is 17.4. The number of benzene rings is 4. The van der Waals surface area contributed by atoms with Crippen LogP contribution in [-0.2, 0) is 10.3 Å². The van der Waals surface area contributed by atoms with Crippen molar-refractivity contribution in [2.24, 2.45) is 5.41 Å². The Balaban J connectivity index is 1.38. The van der Waals surface area contributed by atoms with Crippen LogP contribution in [0.4, 0.5) is 10.5 Å². The maximum atomic E-state index is 14.1. The molecule has 0 aliphatic carbocycles. The number of anilines is 1. The number of ether oxygens (including phenoxy) is 1. The summed E-state index contributed by atoms with van der Waals surface area (Å²) in [6.07, 6.45) is 1.84. The van der Waals surface area contributed by atoms with Crippen molar-refractivity contribution < 1.29 is 19.4 Å². The third kappa shape index (κ3) is 5.40. The maximum absolute atomic E-state index is 14.1. The molecule has 2 saturated heterocycles. The van der Waals surface area contributed by atoms with Gasteiger partial charge in [-0.25, -0.2) is 14.5 Å². The lowest BCUT2D eigenvalue weighted by atomic mass is 9.77. The molecule has 256 valence electrons. The Morgan fingerprint density at radius 2 is 1.43 bits per heavy atom. The van der Waals surface area contributed by atoms with E-state index in [9.17, 15) is 14.7 Å². The molecule has 1 atom stereocenters. The summed E-state index contributed by atoms with van der Waals surface area (Å²) in [6.45, 7) is 5.06. The molecule has 0 radical (unpaired) electrons. The molecule has 4 heterocycles. The first kappa shape index (κ1) is 32.3. The van der Waals surface area contributed by atoms with Crippen molar-refractivity contribution in [3.05, 3.63) is 144 Å². The van der Waals surface area contributed by atoms with Crippen molar-refractivity contribution in [3.63, 3.8) is 0 Å². The molecule has 2 aliphatic rings. The summed E-state index contributed by atoms with van der Waals surface area (Å²) >= 11 is 0. The van der Waals surface area contributed by atoms with E-state index in [-0.39, 0.29) is 18.6 Å². The molecule has 0 bridgehead atoms. The minimum Gasteiger partial charge on any atom is -0.475 e. The molecule has 9 nitrogen and oxygen atoms in total. The van der Waals surface area contributed by atoms with Gasteiger partial charge in [-0.05, 0) is 67.6 Å². The van der Waals surface area contributed by atoms with Crippen LogP contribution in [0.1, 0.15) is 43.4 Å². The largest absolute Gasteiger partial charge is 0.475 e. The van der Waals surface area contributed by atoms with E-state index in [2.05, 4.69) is 94.6 Å². The van der Waals surface area contributed by atoms with Gasteiger partial charge in [0.2, 0.25) is 11.8 Å². The van der Waals surface area contributed by atoms with Crippen LogP contribution in [0.5, 0.6) is 5.88 Å². The Hall–Kier alpha value is -5.96. The highest BCUT2D eigenvalue weighted by molar-refractivity contribution is 6.04. The molecule has 1 spiro atoms. The number of hydrogen-bond donors (Lipinski definition) is 1. The molecule has 2 aliphatic heterocycles. The highest BCUT2D eigenvalue weighted by Gasteiger charge is 2.52. The molecular formula is C42H39N5O4. The summed E-state index contributed by atoms with van der Waals surface area (Å²) in [4.78, 5) is 33.6. The number of carbonyl (C=O) groups excluding carboxylic acids is 1. The fraction of sp³-hybridized carbons (Fsp3) is 0.238. The summed E-state index contributed by atoms with van der Waals surface area (Å²) in [6, 6.07) is 41.3. The van der Waals surface area contributed by atoms with Gasteiger partial charge in [0.15, 0.2) is 0 Å². The van der Waals surface area contributed by atoms with E-state index in [1.165, 1.54) is 4.90 Å². The number of carbonyl (C=O) groups is 2. The van der Waals surface area contributed by atoms with E-state index in [0.717, 1.165) is 44.5 Å². The minimum absolute atomic E-state index is 0.0247. The third-order valence-electron chi connectivity index (χ3n) is 10.4. The molecule has 51 heavy (non-hydrogen) atoms. The van der Waals surface area contributed by atoms with Gasteiger partial charge in [-0.3, -0.25) is 4.79 Å². The number of pyridine rings is 1. The van der Waals surface area contributed by atoms with Crippen molar-refractivity contribution in [2.45, 2.75) is 38.3 Å². The molecule has 6 aromatic rings. The molecule has 2 amide bonds. The Bertz CT molecular complexity index is 2120. The Morgan fingerprint density at radius 3 is 2.00 bits per heavy atom. The quantitative estimate of drug-likeness (QED) is 0.165. The van der Waals surface area contributed by atoms with Gasteiger partial charge in [0.1, 0.15) is 11.2 Å². The number of rotatable bonds is 8. The van der Waals surface area contributed by atoms with Crippen LogP contribution in [0.3, 0.4) is 0 Å². The molecule has 1 unspecified atom stereocenters. The van der Waals surface area contributed by atoms with E-state index in [1.54, 1.807) is 6.20 Å². The SMILES string of the molecule is CC(C)Oc1cc(-c2nn(C(c3ccccc3)(c3ccccc3)c3ccccc3)c3ccc(N4CCC5(CCN(C(=O)O)C5)C4=O)cc23)ccn1. The fourth-order valence-corrected chi connectivity index (χ4v) is 7.99. The number of fused-ring (bicyclic) bond motifs is 1. The molecule has 2 aromatic heterocycles. The Morgan fingerprint density at radius 1 is 0.824 bits per heavy atom. The molecule has 0 saturated carbocycles. The van der Waals surface area contributed by atoms with Crippen molar-refractivity contribution in [1.29, 1.82) is 0 Å². The zero-order chi connectivity index (χ0) is 35.2. The van der Waals surface area contributed by atoms with Gasteiger partial charge < -0.3 is 19.6 Å². The lowest BCUT2D eigenvalue weighted by molar-refractivity contribution is -0.124. The van der Waals surface area contributed by atoms with Crippen molar-refractivity contribution >= 4 is 28.6 Å². The monoisotopic (exact) mass is 677 g/mol. The van der Waals surface area contributed by atoms with Crippen LogP contribution < -0.4 is 9.64 Å². The Labute approximate surface area is 296 Å². The van der Waals surface area contributed by atoms with Gasteiger partial charge in [0.25, 0.3) is 0 Å². The van der Waals surface area contributed by atoms with Crippen LogP contribution in [0.15, 0.2) is 128 Å². The van der Waals surface area contributed by atoms with Gasteiger partial charge >= 0.3 is 6.09 Å². The zero-order valence-electron chi connectivity index (χ0n) is 28.6. The van der Waals surface area contributed by atoms with Gasteiger partial charge in [-0.15, -0.1) is 0 Å². The highest BCUT2D eigenvalue weighted by atomic mass is 16.5. The molecule has 9 heteroatoms. The summed E-state index contributed by atoms with van der Waals surface area (Å²) in [7, 11) is 0. The molecule has 2 fully saturated rings. The first-order chi connectivity index (χ1) is 24.8. The Kier molecular flexibility index (Phi) is 8.05. The molecular weight excluding hydrogens is 638 g/mol. The molecule has 1 N–H and O–H groups in total. The summed E-state index contributed by atoms with van der Waals surface area (Å²) in [5.74, 6) is 0.478. The van der Waals surface area contributed by atoms with Gasteiger partial charge in [0, 0.05) is 48.5 Å². The number of nitrogens with zero attached hydrogens (tertiary/aromatic N) is 5. The second-order valence-electron chi connectivity index (χ2n) is 13.8. The average Bonchev–Trinajstić information content (AvgIpc) is 3.86. The van der Waals surface area contributed by atoms with Gasteiger partial charge in [0.05, 0.1) is 17.0 Å². The van der Waals surface area contributed by atoms with E-state index in [4.69, 9.17) is 9.84 Å². The van der Waals surface area contributed by atoms with Crippen LogP contribution in [-0.4, -0.2) is 62.5 Å². The smallest absolute Gasteiger partial charge is 0.407 e. The second kappa shape index (κ2) is 12.7. The predicted molar refractivity (Wildman–Crippen MR) is 197 cm³/mol. The van der Waals surface area contributed by atoms with Gasteiger partial charge in [-0.1, -0.05) is 91.0 Å². The molecule has 8 rings (SSSR count). The van der Waals surface area contributed by atoms with Crippen molar-refractivity contribution in [3.8, 4) is 17.1 Å². The third-order valence-corrected chi connectivity index (χ3v) is 10.4. The van der Waals surface area contributed by atoms with E-state index in [1.807, 2.05) is 55.1 Å². The predicted octanol–water partition coefficient (Wildman–Crippen LogP) is 7.83. The highest BCUT2D eigenvalue weighted by Crippen LogP contribution is 2.46. The normalized spacial score (nSPS) is 17.6.